The van der Waals surface area contributed by atoms with Crippen LogP contribution < -0.4 is 5.32 Å². The predicted molar refractivity (Wildman–Crippen MR) is 160 cm³/mol. The van der Waals surface area contributed by atoms with E-state index in [-0.39, 0.29) is 34.5 Å². The molecule has 4 heterocycles. The largest absolute Gasteiger partial charge is 0.466 e. The molecule has 0 saturated carbocycles. The number of ether oxygens (including phenoxy) is 1. The molecule has 2 aromatic heterocycles. The molecular formula is C28H32ClFN6O5S2. The number of carbonyl (C=O) groups excluding carboxylic acids is 1. The number of hydrogen-bond acceptors (Lipinski definition) is 10. The predicted octanol–water partition coefficient (Wildman–Crippen LogP) is 3.91. The number of halogens is 2. The van der Waals surface area contributed by atoms with E-state index in [1.54, 1.807) is 25.4 Å². The van der Waals surface area contributed by atoms with E-state index in [0.717, 1.165) is 0 Å². The Balaban J connectivity index is 1.43. The van der Waals surface area contributed by atoms with E-state index in [1.165, 1.54) is 58.0 Å². The lowest BCUT2D eigenvalue weighted by Gasteiger charge is -2.36. The first-order chi connectivity index (χ1) is 20.4. The molecule has 0 bridgehead atoms. The second kappa shape index (κ2) is 12.4. The van der Waals surface area contributed by atoms with Crippen LogP contribution in [0.1, 0.15) is 49.7 Å². The molecule has 230 valence electrons. The van der Waals surface area contributed by atoms with E-state index >= 15 is 0 Å². The molecule has 1 unspecified atom stereocenters. The fourth-order valence-electron chi connectivity index (χ4n) is 5.14. The number of aliphatic hydroxyl groups is 1. The number of amidine groups is 1. The smallest absolute Gasteiger partial charge is 0.338 e. The molecule has 0 amide bonds. The Bertz CT molecular complexity index is 1660. The first-order valence-corrected chi connectivity index (χ1v) is 16.3. The van der Waals surface area contributed by atoms with Gasteiger partial charge in [-0.1, -0.05) is 17.7 Å². The highest BCUT2D eigenvalue weighted by atomic mass is 35.5. The molecule has 2 aliphatic rings. The third-order valence-corrected chi connectivity index (χ3v) is 10.4. The molecular weight excluding hydrogens is 619 g/mol. The standard InChI is InChI=1S/C28H32ClFN6O5S2/c1-28(2,38)8-12-35-16-19(15-32-35)43(39,40)36-10-6-17(7-11-36)23-22(27(37)41-3)24(20-5-4-18(30)14-21(20)29)34-25(33-23)26-31-9-13-42-26/h4-5,9,13-17,24,38H,6-8,10-12H2,1-3H3,(H,33,34). The van der Waals surface area contributed by atoms with Crippen LogP contribution in [-0.2, 0) is 26.1 Å². The Morgan fingerprint density at radius 3 is 2.67 bits per heavy atom. The number of sulfonamides is 1. The van der Waals surface area contributed by atoms with Crippen LogP contribution in [0.4, 0.5) is 4.39 Å². The van der Waals surface area contributed by atoms with Gasteiger partial charge in [0.25, 0.3) is 0 Å². The van der Waals surface area contributed by atoms with E-state index < -0.39 is 33.5 Å². The lowest BCUT2D eigenvalue weighted by Crippen LogP contribution is -2.43. The number of rotatable bonds is 9. The third-order valence-electron chi connectivity index (χ3n) is 7.43. The Kier molecular flexibility index (Phi) is 9.05. The van der Waals surface area contributed by atoms with Gasteiger partial charge in [-0.05, 0) is 45.2 Å². The van der Waals surface area contributed by atoms with Gasteiger partial charge in [0.05, 0.1) is 24.5 Å². The van der Waals surface area contributed by atoms with Crippen molar-refractivity contribution in [2.24, 2.45) is 10.9 Å². The van der Waals surface area contributed by atoms with Gasteiger partial charge >= 0.3 is 5.97 Å². The molecule has 3 aromatic rings. The van der Waals surface area contributed by atoms with Gasteiger partial charge in [-0.3, -0.25) is 9.67 Å². The minimum atomic E-state index is -3.82. The Labute approximate surface area is 258 Å². The number of carbonyl (C=O) groups is 1. The molecule has 5 rings (SSSR count). The highest BCUT2D eigenvalue weighted by Crippen LogP contribution is 2.40. The molecule has 1 atom stereocenters. The Morgan fingerprint density at radius 2 is 2.05 bits per heavy atom. The number of nitrogens with one attached hydrogen (secondary N) is 1. The molecule has 2 aliphatic heterocycles. The SMILES string of the molecule is COC(=O)C1=C(C2CCN(S(=O)(=O)c3cnn(CCC(C)(C)O)c3)CC2)NC(c2nccs2)=NC1c1ccc(F)cc1Cl. The van der Waals surface area contributed by atoms with E-state index in [2.05, 4.69) is 15.4 Å². The Morgan fingerprint density at radius 1 is 1.30 bits per heavy atom. The summed E-state index contributed by atoms with van der Waals surface area (Å²) in [5, 5.41) is 20.0. The molecule has 43 heavy (non-hydrogen) atoms. The number of hydrogen-bond donors (Lipinski definition) is 2. The zero-order valence-corrected chi connectivity index (χ0v) is 26.2. The molecule has 0 radical (unpaired) electrons. The molecule has 0 spiro atoms. The molecule has 1 aromatic carbocycles. The van der Waals surface area contributed by atoms with Crippen molar-refractivity contribution in [2.45, 2.75) is 56.2 Å². The first-order valence-electron chi connectivity index (χ1n) is 13.6. The van der Waals surface area contributed by atoms with Crippen LogP contribution in [-0.4, -0.2) is 70.2 Å². The zero-order valence-electron chi connectivity index (χ0n) is 23.8. The molecule has 2 N–H and O–H groups in total. The lowest BCUT2D eigenvalue weighted by molar-refractivity contribution is -0.136. The van der Waals surface area contributed by atoms with Crippen molar-refractivity contribution in [2.75, 3.05) is 20.2 Å². The summed E-state index contributed by atoms with van der Waals surface area (Å²) < 4.78 is 48.9. The van der Waals surface area contributed by atoms with Gasteiger partial charge in [-0.15, -0.1) is 11.3 Å². The van der Waals surface area contributed by atoms with Crippen LogP contribution in [0.15, 0.2) is 63.3 Å². The number of aromatic nitrogens is 3. The summed E-state index contributed by atoms with van der Waals surface area (Å²) in [4.78, 5) is 22.5. The topological polar surface area (TPSA) is 139 Å². The molecule has 11 nitrogen and oxygen atoms in total. The van der Waals surface area contributed by atoms with Crippen molar-refractivity contribution in [3.63, 3.8) is 0 Å². The monoisotopic (exact) mass is 650 g/mol. The van der Waals surface area contributed by atoms with Gasteiger partial charge in [-0.25, -0.2) is 22.6 Å². The average Bonchev–Trinajstić information content (AvgIpc) is 3.68. The molecule has 1 saturated heterocycles. The molecule has 15 heteroatoms. The number of allylic oxidation sites excluding steroid dienone is 1. The maximum absolute atomic E-state index is 13.9. The lowest BCUT2D eigenvalue weighted by atomic mass is 9.86. The molecule has 0 aliphatic carbocycles. The fraction of sp³-hybridized carbons (Fsp3) is 0.429. The van der Waals surface area contributed by atoms with Gasteiger partial charge in [0.15, 0.2) is 10.8 Å². The summed E-state index contributed by atoms with van der Waals surface area (Å²) in [6, 6.07) is 3.02. The quantitative estimate of drug-likeness (QED) is 0.333. The van der Waals surface area contributed by atoms with E-state index in [9.17, 15) is 22.7 Å². The first kappa shape index (κ1) is 31.3. The summed E-state index contributed by atoms with van der Waals surface area (Å²) in [6.07, 6.45) is 5.66. The number of nitrogens with zero attached hydrogens (tertiary/aromatic N) is 5. The normalized spacial score (nSPS) is 18.8. The number of aliphatic imine (C=N–C) groups is 1. The number of piperidine rings is 1. The number of methoxy groups -OCH3 is 1. The number of aryl methyl sites for hydroxylation is 1. The second-order valence-corrected chi connectivity index (χ2v) is 14.2. The van der Waals surface area contributed by atoms with Crippen molar-refractivity contribution in [3.05, 3.63) is 74.9 Å². The van der Waals surface area contributed by atoms with Gasteiger partial charge in [0.2, 0.25) is 10.0 Å². The van der Waals surface area contributed by atoms with E-state index in [0.29, 0.717) is 47.9 Å². The number of thiazole rings is 1. The summed E-state index contributed by atoms with van der Waals surface area (Å²) in [5.41, 5.74) is 0.306. The van der Waals surface area contributed by atoms with Crippen LogP contribution in [0, 0.1) is 11.7 Å². The summed E-state index contributed by atoms with van der Waals surface area (Å²) in [6.45, 7) is 4.14. The number of benzene rings is 1. The zero-order chi connectivity index (χ0) is 30.9. The van der Waals surface area contributed by atoms with Crippen LogP contribution in [0.3, 0.4) is 0 Å². The van der Waals surface area contributed by atoms with Crippen LogP contribution in [0.25, 0.3) is 0 Å². The number of esters is 1. The summed E-state index contributed by atoms with van der Waals surface area (Å²) >= 11 is 7.80. The van der Waals surface area contributed by atoms with Gasteiger partial charge in [0, 0.05) is 59.6 Å². The third kappa shape index (κ3) is 6.83. The highest BCUT2D eigenvalue weighted by molar-refractivity contribution is 7.89. The average molecular weight is 651 g/mol. The van der Waals surface area contributed by atoms with Gasteiger partial charge in [-0.2, -0.15) is 9.40 Å². The van der Waals surface area contributed by atoms with E-state index in [4.69, 9.17) is 21.3 Å². The summed E-state index contributed by atoms with van der Waals surface area (Å²) in [5.74, 6) is -0.964. The highest BCUT2D eigenvalue weighted by Gasteiger charge is 2.39. The van der Waals surface area contributed by atoms with Crippen LogP contribution in [0.5, 0.6) is 0 Å². The van der Waals surface area contributed by atoms with Crippen molar-refractivity contribution < 1.29 is 27.4 Å². The summed E-state index contributed by atoms with van der Waals surface area (Å²) in [7, 11) is -2.55. The van der Waals surface area contributed by atoms with E-state index in [1.807, 2.05) is 0 Å². The maximum Gasteiger partial charge on any atom is 0.338 e. The minimum Gasteiger partial charge on any atom is -0.466 e. The van der Waals surface area contributed by atoms with Crippen LogP contribution in [0.2, 0.25) is 5.02 Å². The molecule has 1 fully saturated rings. The van der Waals surface area contributed by atoms with Crippen molar-refractivity contribution >= 4 is 44.8 Å². The van der Waals surface area contributed by atoms with Crippen molar-refractivity contribution in [3.8, 4) is 0 Å². The Hall–Kier alpha value is -3.17. The van der Waals surface area contributed by atoms with Crippen molar-refractivity contribution in [1.29, 1.82) is 0 Å². The van der Waals surface area contributed by atoms with Gasteiger partial charge < -0.3 is 15.2 Å². The fourth-order valence-corrected chi connectivity index (χ4v) is 7.42. The minimum absolute atomic E-state index is 0.0798. The second-order valence-electron chi connectivity index (χ2n) is 11.0. The maximum atomic E-state index is 13.9. The van der Waals surface area contributed by atoms with Gasteiger partial charge in [0.1, 0.15) is 16.8 Å². The van der Waals surface area contributed by atoms with Crippen LogP contribution >= 0.6 is 22.9 Å². The van der Waals surface area contributed by atoms with Crippen molar-refractivity contribution in [1.82, 2.24) is 24.4 Å².